The number of hydrogen-bond donors (Lipinski definition) is 1. The van der Waals surface area contributed by atoms with E-state index in [1.807, 2.05) is 0 Å². The van der Waals surface area contributed by atoms with Gasteiger partial charge in [0.15, 0.2) is 0 Å². The van der Waals surface area contributed by atoms with Gasteiger partial charge in [0.25, 0.3) is 0 Å². The maximum atomic E-state index is 9.08. The minimum absolute atomic E-state index is 0.296. The first kappa shape index (κ1) is 13.5. The van der Waals surface area contributed by atoms with Crippen LogP contribution in [-0.2, 0) is 6.54 Å². The summed E-state index contributed by atoms with van der Waals surface area (Å²) in [6.45, 7) is 8.99. The molecule has 0 radical (unpaired) electrons. The number of nitrogens with zero attached hydrogens (tertiary/aromatic N) is 2. The number of hydrogen-bond acceptors (Lipinski definition) is 3. The van der Waals surface area contributed by atoms with Crippen molar-refractivity contribution in [2.24, 2.45) is 5.92 Å². The zero-order valence-electron chi connectivity index (χ0n) is 11.3. The molecule has 2 rings (SSSR count). The highest BCUT2D eigenvalue weighted by Gasteiger charge is 2.18. The van der Waals surface area contributed by atoms with Crippen molar-refractivity contribution in [1.29, 1.82) is 0 Å². The summed E-state index contributed by atoms with van der Waals surface area (Å²) in [6, 6.07) is 10.7. The summed E-state index contributed by atoms with van der Waals surface area (Å²) in [6.07, 6.45) is 0. The zero-order chi connectivity index (χ0) is 12.8. The summed E-state index contributed by atoms with van der Waals surface area (Å²) in [5.74, 6) is 0.394. The number of aliphatic hydroxyl groups is 1. The van der Waals surface area contributed by atoms with Crippen molar-refractivity contribution in [3.8, 4) is 0 Å². The van der Waals surface area contributed by atoms with Crippen molar-refractivity contribution in [3.63, 3.8) is 0 Å². The maximum Gasteiger partial charge on any atom is 0.0468 e. The van der Waals surface area contributed by atoms with Crippen LogP contribution in [-0.4, -0.2) is 54.2 Å². The number of rotatable bonds is 5. The van der Waals surface area contributed by atoms with Crippen LogP contribution >= 0.6 is 0 Å². The SMILES string of the molecule is CC(CO)CN1CCN(Cc2ccccc2)CC1. The monoisotopic (exact) mass is 248 g/mol. The van der Waals surface area contributed by atoms with Gasteiger partial charge in [0.2, 0.25) is 0 Å². The van der Waals surface area contributed by atoms with Crippen molar-refractivity contribution in [2.45, 2.75) is 13.5 Å². The highest BCUT2D eigenvalue weighted by Crippen LogP contribution is 2.09. The van der Waals surface area contributed by atoms with Gasteiger partial charge in [0.1, 0.15) is 0 Å². The molecule has 1 aromatic rings. The maximum absolute atomic E-state index is 9.08. The molecule has 1 aliphatic rings. The highest BCUT2D eigenvalue weighted by molar-refractivity contribution is 5.14. The zero-order valence-corrected chi connectivity index (χ0v) is 11.3. The first-order chi connectivity index (χ1) is 8.78. The number of piperazine rings is 1. The van der Waals surface area contributed by atoms with E-state index in [4.69, 9.17) is 5.11 Å². The van der Waals surface area contributed by atoms with E-state index in [9.17, 15) is 0 Å². The average Bonchev–Trinajstić information content (AvgIpc) is 2.42. The first-order valence-corrected chi connectivity index (χ1v) is 6.87. The van der Waals surface area contributed by atoms with Gasteiger partial charge in [-0.1, -0.05) is 37.3 Å². The molecule has 100 valence electrons. The molecule has 1 unspecified atom stereocenters. The quantitative estimate of drug-likeness (QED) is 0.854. The molecule has 0 amide bonds. The second kappa shape index (κ2) is 6.88. The normalized spacial score (nSPS) is 19.9. The Kier molecular flexibility index (Phi) is 5.17. The Hall–Kier alpha value is -0.900. The van der Waals surface area contributed by atoms with Gasteiger partial charge in [-0.05, 0) is 11.5 Å². The lowest BCUT2D eigenvalue weighted by molar-refractivity contribution is 0.101. The van der Waals surface area contributed by atoms with Crippen LogP contribution in [0.2, 0.25) is 0 Å². The van der Waals surface area contributed by atoms with Gasteiger partial charge in [-0.15, -0.1) is 0 Å². The van der Waals surface area contributed by atoms with Crippen molar-refractivity contribution in [3.05, 3.63) is 35.9 Å². The molecule has 1 heterocycles. The topological polar surface area (TPSA) is 26.7 Å². The Balaban J connectivity index is 1.73. The van der Waals surface area contributed by atoms with Crippen molar-refractivity contribution < 1.29 is 5.11 Å². The molecule has 0 aromatic heterocycles. The lowest BCUT2D eigenvalue weighted by Crippen LogP contribution is -2.47. The van der Waals surface area contributed by atoms with E-state index in [0.717, 1.165) is 39.3 Å². The molecule has 1 aromatic carbocycles. The fourth-order valence-corrected chi connectivity index (χ4v) is 2.47. The summed E-state index contributed by atoms with van der Waals surface area (Å²) in [7, 11) is 0. The second-order valence-corrected chi connectivity index (χ2v) is 5.35. The van der Waals surface area contributed by atoms with Gasteiger partial charge in [0, 0.05) is 45.9 Å². The predicted molar refractivity (Wildman–Crippen MR) is 74.4 cm³/mol. The summed E-state index contributed by atoms with van der Waals surface area (Å²) in [5.41, 5.74) is 1.40. The minimum atomic E-state index is 0.296. The molecule has 1 fully saturated rings. The third kappa shape index (κ3) is 4.09. The molecule has 1 N–H and O–H groups in total. The molecule has 1 atom stereocenters. The molecule has 3 heteroatoms. The number of benzene rings is 1. The number of aliphatic hydroxyl groups excluding tert-OH is 1. The van der Waals surface area contributed by atoms with E-state index in [0.29, 0.717) is 12.5 Å². The third-order valence-electron chi connectivity index (χ3n) is 3.60. The van der Waals surface area contributed by atoms with Crippen LogP contribution in [0.15, 0.2) is 30.3 Å². The van der Waals surface area contributed by atoms with E-state index < -0.39 is 0 Å². The van der Waals surface area contributed by atoms with Crippen LogP contribution < -0.4 is 0 Å². The van der Waals surface area contributed by atoms with Crippen molar-refractivity contribution in [1.82, 2.24) is 9.80 Å². The smallest absolute Gasteiger partial charge is 0.0468 e. The molecule has 3 nitrogen and oxygen atoms in total. The van der Waals surface area contributed by atoms with Gasteiger partial charge in [-0.2, -0.15) is 0 Å². The molecule has 0 bridgehead atoms. The highest BCUT2D eigenvalue weighted by atomic mass is 16.3. The minimum Gasteiger partial charge on any atom is -0.396 e. The van der Waals surface area contributed by atoms with Crippen molar-refractivity contribution in [2.75, 3.05) is 39.3 Å². The molecule has 1 saturated heterocycles. The molecule has 18 heavy (non-hydrogen) atoms. The van der Waals surface area contributed by atoms with Crippen LogP contribution in [0.25, 0.3) is 0 Å². The fraction of sp³-hybridized carbons (Fsp3) is 0.600. The van der Waals surface area contributed by atoms with Crippen LogP contribution in [0, 0.1) is 5.92 Å². The van der Waals surface area contributed by atoms with Crippen LogP contribution in [0.4, 0.5) is 0 Å². The predicted octanol–water partition coefficient (Wildman–Crippen LogP) is 1.43. The van der Waals surface area contributed by atoms with Gasteiger partial charge >= 0.3 is 0 Å². The van der Waals surface area contributed by atoms with E-state index >= 15 is 0 Å². The molecule has 0 aliphatic carbocycles. The Bertz CT molecular complexity index is 334. The van der Waals surface area contributed by atoms with E-state index in [1.54, 1.807) is 0 Å². The standard InChI is InChI=1S/C15H24N2O/c1-14(13-18)11-16-7-9-17(10-8-16)12-15-5-3-2-4-6-15/h2-6,14,18H,7-13H2,1H3. The molecular formula is C15H24N2O. The van der Waals surface area contributed by atoms with Gasteiger partial charge in [-0.25, -0.2) is 0 Å². The first-order valence-electron chi connectivity index (χ1n) is 6.87. The second-order valence-electron chi connectivity index (χ2n) is 5.35. The summed E-state index contributed by atoms with van der Waals surface area (Å²) < 4.78 is 0. The van der Waals surface area contributed by atoms with Crippen molar-refractivity contribution >= 4 is 0 Å². The third-order valence-corrected chi connectivity index (χ3v) is 3.60. The summed E-state index contributed by atoms with van der Waals surface area (Å²) in [4.78, 5) is 4.97. The van der Waals surface area contributed by atoms with E-state index in [1.165, 1.54) is 5.56 Å². The van der Waals surface area contributed by atoms with E-state index in [2.05, 4.69) is 47.1 Å². The lowest BCUT2D eigenvalue weighted by Gasteiger charge is -2.35. The Morgan fingerprint density at radius 2 is 1.67 bits per heavy atom. The Morgan fingerprint density at radius 3 is 2.28 bits per heavy atom. The lowest BCUT2D eigenvalue weighted by atomic mass is 10.1. The average molecular weight is 248 g/mol. The van der Waals surface area contributed by atoms with Crippen LogP contribution in [0.3, 0.4) is 0 Å². The van der Waals surface area contributed by atoms with Gasteiger partial charge in [-0.3, -0.25) is 4.90 Å². The van der Waals surface area contributed by atoms with Gasteiger partial charge in [0.05, 0.1) is 0 Å². The van der Waals surface area contributed by atoms with E-state index in [-0.39, 0.29) is 0 Å². The molecule has 0 spiro atoms. The van der Waals surface area contributed by atoms with Crippen LogP contribution in [0.1, 0.15) is 12.5 Å². The van der Waals surface area contributed by atoms with Gasteiger partial charge < -0.3 is 10.0 Å². The molecule has 0 saturated carbocycles. The van der Waals surface area contributed by atoms with Crippen LogP contribution in [0.5, 0.6) is 0 Å². The Morgan fingerprint density at radius 1 is 1.06 bits per heavy atom. The Labute approximate surface area is 110 Å². The molecule has 1 aliphatic heterocycles. The largest absolute Gasteiger partial charge is 0.396 e. The summed E-state index contributed by atoms with van der Waals surface area (Å²) >= 11 is 0. The fourth-order valence-electron chi connectivity index (χ4n) is 2.47. The molecular weight excluding hydrogens is 224 g/mol. The summed E-state index contributed by atoms with van der Waals surface area (Å²) in [5, 5.41) is 9.08.